The SMILES string of the molecule is Cc1ccc2c(c1)[C@@](C)(O)C(N)=N2. The lowest BCUT2D eigenvalue weighted by Crippen LogP contribution is -2.35. The van der Waals surface area contributed by atoms with Crippen LogP contribution in [0.15, 0.2) is 23.2 Å². The van der Waals surface area contributed by atoms with E-state index in [0.29, 0.717) is 0 Å². The molecule has 13 heavy (non-hydrogen) atoms. The molecular weight excluding hydrogens is 164 g/mol. The van der Waals surface area contributed by atoms with Gasteiger partial charge in [-0.3, -0.25) is 0 Å². The molecule has 0 radical (unpaired) electrons. The van der Waals surface area contributed by atoms with Crippen LogP contribution in [0.2, 0.25) is 0 Å². The molecule has 1 aliphatic rings. The minimum Gasteiger partial charge on any atom is -0.384 e. The van der Waals surface area contributed by atoms with Crippen LogP contribution in [0, 0.1) is 6.92 Å². The average molecular weight is 176 g/mol. The second-order valence-electron chi connectivity index (χ2n) is 3.59. The van der Waals surface area contributed by atoms with Gasteiger partial charge in [0.1, 0.15) is 11.4 Å². The third-order valence-electron chi connectivity index (χ3n) is 2.42. The summed E-state index contributed by atoms with van der Waals surface area (Å²) >= 11 is 0. The van der Waals surface area contributed by atoms with Gasteiger partial charge in [-0.25, -0.2) is 4.99 Å². The fraction of sp³-hybridized carbons (Fsp3) is 0.300. The molecular formula is C10H12N2O. The van der Waals surface area contributed by atoms with Crippen LogP contribution in [0.1, 0.15) is 18.1 Å². The van der Waals surface area contributed by atoms with Crippen molar-refractivity contribution in [3.8, 4) is 0 Å². The molecule has 1 heterocycles. The topological polar surface area (TPSA) is 58.6 Å². The fourth-order valence-electron chi connectivity index (χ4n) is 1.51. The van der Waals surface area contributed by atoms with Crippen molar-refractivity contribution in [1.29, 1.82) is 0 Å². The molecule has 3 nitrogen and oxygen atoms in total. The highest BCUT2D eigenvalue weighted by atomic mass is 16.3. The second-order valence-corrected chi connectivity index (χ2v) is 3.59. The van der Waals surface area contributed by atoms with Gasteiger partial charge in [-0.05, 0) is 19.9 Å². The number of nitrogens with zero attached hydrogens (tertiary/aromatic N) is 1. The van der Waals surface area contributed by atoms with Crippen LogP contribution in [0.25, 0.3) is 0 Å². The van der Waals surface area contributed by atoms with Gasteiger partial charge >= 0.3 is 0 Å². The summed E-state index contributed by atoms with van der Waals surface area (Å²) in [5.74, 6) is 0.271. The van der Waals surface area contributed by atoms with E-state index in [-0.39, 0.29) is 5.84 Å². The first-order chi connectivity index (χ1) is 6.01. The van der Waals surface area contributed by atoms with Crippen molar-refractivity contribution < 1.29 is 5.11 Å². The molecule has 1 aliphatic heterocycles. The van der Waals surface area contributed by atoms with Gasteiger partial charge in [0.15, 0.2) is 0 Å². The van der Waals surface area contributed by atoms with E-state index in [1.165, 1.54) is 0 Å². The molecule has 0 spiro atoms. The third kappa shape index (κ3) is 1.04. The van der Waals surface area contributed by atoms with Gasteiger partial charge in [0.2, 0.25) is 0 Å². The maximum atomic E-state index is 9.98. The van der Waals surface area contributed by atoms with Gasteiger partial charge in [-0.1, -0.05) is 17.7 Å². The van der Waals surface area contributed by atoms with Crippen molar-refractivity contribution in [2.45, 2.75) is 19.4 Å². The van der Waals surface area contributed by atoms with E-state index in [1.54, 1.807) is 6.92 Å². The van der Waals surface area contributed by atoms with Crippen molar-refractivity contribution in [3.05, 3.63) is 29.3 Å². The summed E-state index contributed by atoms with van der Waals surface area (Å²) < 4.78 is 0. The first kappa shape index (κ1) is 8.26. The van der Waals surface area contributed by atoms with E-state index >= 15 is 0 Å². The highest BCUT2D eigenvalue weighted by molar-refractivity contribution is 5.97. The number of hydrogen-bond acceptors (Lipinski definition) is 3. The average Bonchev–Trinajstić information content (AvgIpc) is 2.27. The Hall–Kier alpha value is -1.35. The highest BCUT2D eigenvalue weighted by Gasteiger charge is 2.35. The second kappa shape index (κ2) is 2.33. The molecule has 0 fully saturated rings. The summed E-state index contributed by atoms with van der Waals surface area (Å²) in [7, 11) is 0. The summed E-state index contributed by atoms with van der Waals surface area (Å²) in [6.07, 6.45) is 0. The minimum atomic E-state index is -1.10. The van der Waals surface area contributed by atoms with Crippen LogP contribution in [0.5, 0.6) is 0 Å². The molecule has 0 bridgehead atoms. The zero-order valence-corrected chi connectivity index (χ0v) is 7.70. The number of aryl methyl sites for hydroxylation is 1. The zero-order chi connectivity index (χ0) is 9.64. The van der Waals surface area contributed by atoms with E-state index in [1.807, 2.05) is 25.1 Å². The molecule has 3 heteroatoms. The predicted octanol–water partition coefficient (Wildman–Crippen LogP) is 1.20. The minimum absolute atomic E-state index is 0.271. The Bertz CT molecular complexity index is 394. The van der Waals surface area contributed by atoms with Gasteiger partial charge < -0.3 is 10.8 Å². The molecule has 1 atom stereocenters. The van der Waals surface area contributed by atoms with E-state index in [4.69, 9.17) is 5.73 Å². The summed E-state index contributed by atoms with van der Waals surface area (Å²) in [6.45, 7) is 3.64. The van der Waals surface area contributed by atoms with Gasteiger partial charge in [-0.15, -0.1) is 0 Å². The number of aliphatic hydroxyl groups is 1. The van der Waals surface area contributed by atoms with Crippen LogP contribution in [0.3, 0.4) is 0 Å². The first-order valence-electron chi connectivity index (χ1n) is 4.20. The van der Waals surface area contributed by atoms with Crippen molar-refractivity contribution in [3.63, 3.8) is 0 Å². The third-order valence-corrected chi connectivity index (χ3v) is 2.42. The van der Waals surface area contributed by atoms with Gasteiger partial charge in [0.25, 0.3) is 0 Å². The largest absolute Gasteiger partial charge is 0.384 e. The number of hydrogen-bond donors (Lipinski definition) is 2. The molecule has 0 saturated carbocycles. The summed E-state index contributed by atoms with van der Waals surface area (Å²) in [5.41, 5.74) is 7.19. The molecule has 0 amide bonds. The molecule has 0 aliphatic carbocycles. The van der Waals surface area contributed by atoms with Crippen LogP contribution >= 0.6 is 0 Å². The number of rotatable bonds is 0. The Balaban J connectivity index is 2.65. The predicted molar refractivity (Wildman–Crippen MR) is 52.0 cm³/mol. The van der Waals surface area contributed by atoms with Crippen molar-refractivity contribution in [2.75, 3.05) is 0 Å². The Morgan fingerprint density at radius 2 is 2.15 bits per heavy atom. The lowest BCUT2D eigenvalue weighted by atomic mass is 9.95. The Morgan fingerprint density at radius 1 is 1.46 bits per heavy atom. The number of benzene rings is 1. The lowest BCUT2D eigenvalue weighted by molar-refractivity contribution is 0.136. The number of nitrogens with two attached hydrogens (primary N) is 1. The maximum Gasteiger partial charge on any atom is 0.146 e. The quantitative estimate of drug-likeness (QED) is 0.624. The van der Waals surface area contributed by atoms with E-state index in [0.717, 1.165) is 16.8 Å². The van der Waals surface area contributed by atoms with Gasteiger partial charge in [0.05, 0.1) is 5.69 Å². The Labute approximate surface area is 76.9 Å². The molecule has 0 saturated heterocycles. The molecule has 3 N–H and O–H groups in total. The van der Waals surface area contributed by atoms with Crippen LogP contribution < -0.4 is 5.73 Å². The smallest absolute Gasteiger partial charge is 0.146 e. The highest BCUT2D eigenvalue weighted by Crippen LogP contribution is 2.37. The number of fused-ring (bicyclic) bond motifs is 1. The van der Waals surface area contributed by atoms with Crippen molar-refractivity contribution >= 4 is 11.5 Å². The lowest BCUT2D eigenvalue weighted by Gasteiger charge is -2.17. The number of aliphatic imine (C=N–C) groups is 1. The molecule has 1 aromatic carbocycles. The van der Waals surface area contributed by atoms with Crippen molar-refractivity contribution in [2.24, 2.45) is 10.7 Å². The summed E-state index contributed by atoms with van der Waals surface area (Å²) in [6, 6.07) is 5.74. The summed E-state index contributed by atoms with van der Waals surface area (Å²) in [4.78, 5) is 4.09. The van der Waals surface area contributed by atoms with Crippen LogP contribution in [0.4, 0.5) is 5.69 Å². The molecule has 0 unspecified atom stereocenters. The Morgan fingerprint density at radius 3 is 2.85 bits per heavy atom. The standard InChI is InChI=1S/C10H12N2O/c1-6-3-4-8-7(5-6)10(2,13)9(11)12-8/h3-5,13H,1-2H3,(H2,11,12)/t10-/m1/s1. The van der Waals surface area contributed by atoms with E-state index in [2.05, 4.69) is 4.99 Å². The van der Waals surface area contributed by atoms with Gasteiger partial charge in [-0.2, -0.15) is 0 Å². The summed E-state index contributed by atoms with van der Waals surface area (Å²) in [5, 5.41) is 9.98. The van der Waals surface area contributed by atoms with E-state index in [9.17, 15) is 5.11 Å². The van der Waals surface area contributed by atoms with E-state index < -0.39 is 5.60 Å². The zero-order valence-electron chi connectivity index (χ0n) is 7.70. The molecule has 2 rings (SSSR count). The van der Waals surface area contributed by atoms with Crippen molar-refractivity contribution in [1.82, 2.24) is 0 Å². The monoisotopic (exact) mass is 176 g/mol. The fourth-order valence-corrected chi connectivity index (χ4v) is 1.51. The Kier molecular flexibility index (Phi) is 1.48. The van der Waals surface area contributed by atoms with Crippen LogP contribution in [-0.2, 0) is 5.60 Å². The molecule has 1 aromatic rings. The normalized spacial score (nSPS) is 25.6. The van der Waals surface area contributed by atoms with Crippen LogP contribution in [-0.4, -0.2) is 10.9 Å². The first-order valence-corrected chi connectivity index (χ1v) is 4.20. The number of amidine groups is 1. The van der Waals surface area contributed by atoms with Gasteiger partial charge in [0, 0.05) is 5.56 Å². The molecule has 0 aromatic heterocycles. The molecule has 68 valence electrons. The maximum absolute atomic E-state index is 9.98.